The number of hydrogen-bond acceptors (Lipinski definition) is 5. The van der Waals surface area contributed by atoms with E-state index in [-0.39, 0.29) is 58.3 Å². The zero-order chi connectivity index (χ0) is 20.4. The van der Waals surface area contributed by atoms with Crippen molar-refractivity contribution in [3.8, 4) is 11.4 Å². The quantitative estimate of drug-likeness (QED) is 0.201. The number of nitrogen functional groups attached to an aromatic ring is 1. The highest BCUT2D eigenvalue weighted by Gasteiger charge is 2.16. The number of aliphatic carboxylic acids is 1. The number of nitrogens with one attached hydrogen (secondary N) is 2. The van der Waals surface area contributed by atoms with Crippen LogP contribution in [-0.2, 0) is 18.4 Å². The largest absolute Gasteiger partial charge is 0.481 e. The van der Waals surface area contributed by atoms with Crippen LogP contribution in [0.1, 0.15) is 24.8 Å². The summed E-state index contributed by atoms with van der Waals surface area (Å²) in [6.07, 6.45) is 0.751. The molecule has 2 heterocycles. The third-order valence-electron chi connectivity index (χ3n) is 4.49. The Kier molecular flexibility index (Phi) is 8.73. The van der Waals surface area contributed by atoms with Gasteiger partial charge in [-0.1, -0.05) is 24.3 Å². The Hall–Kier alpha value is -2.73. The summed E-state index contributed by atoms with van der Waals surface area (Å²) < 4.78 is 2.66. The molecule has 0 bridgehead atoms. The number of hydrogen-bond donors (Lipinski definition) is 4. The topological polar surface area (TPSA) is 160 Å². The van der Waals surface area contributed by atoms with Crippen molar-refractivity contribution in [1.82, 2.24) is 19.1 Å². The van der Waals surface area contributed by atoms with Gasteiger partial charge in [-0.05, 0) is 12.8 Å². The molecule has 0 saturated carbocycles. The normalized spacial score (nSPS) is 10.3. The highest BCUT2D eigenvalue weighted by atomic mass is 79.9. The maximum Gasteiger partial charge on any atom is 0.330 e. The minimum Gasteiger partial charge on any atom is -0.481 e. The number of imidazole rings is 1. The number of amidine groups is 1. The molecular weight excluding hydrogens is 524 g/mol. The number of carboxylic acid groups (broad SMARTS) is 1. The molecule has 10 nitrogen and oxygen atoms in total. The Balaban J connectivity index is 0.00000225. The van der Waals surface area contributed by atoms with Gasteiger partial charge in [0.25, 0.3) is 5.56 Å². The third kappa shape index (κ3) is 5.05. The van der Waals surface area contributed by atoms with Crippen LogP contribution in [0.3, 0.4) is 0 Å². The Bertz CT molecular complexity index is 1180. The first kappa shape index (κ1) is 25.3. The first-order chi connectivity index (χ1) is 13.3. The summed E-state index contributed by atoms with van der Waals surface area (Å²) in [5.74, 6) is -0.477. The number of nitrogens with zero attached hydrogens (tertiary/aromatic N) is 3. The lowest BCUT2D eigenvalue weighted by Crippen LogP contribution is -2.35. The zero-order valence-corrected chi connectivity index (χ0v) is 19.5. The zero-order valence-electron chi connectivity index (χ0n) is 16.0. The number of nitrogens with two attached hydrogens (primary N) is 1. The van der Waals surface area contributed by atoms with E-state index in [4.69, 9.17) is 16.2 Å². The van der Waals surface area contributed by atoms with Gasteiger partial charge in [-0.2, -0.15) is 0 Å². The molecule has 3 rings (SSSR count). The van der Waals surface area contributed by atoms with Gasteiger partial charge in [0.2, 0.25) is 0 Å². The van der Waals surface area contributed by atoms with Crippen molar-refractivity contribution >= 4 is 56.9 Å². The summed E-state index contributed by atoms with van der Waals surface area (Å²) in [5, 5.41) is 16.1. The summed E-state index contributed by atoms with van der Waals surface area (Å²) in [6, 6.07) is 6.84. The summed E-state index contributed by atoms with van der Waals surface area (Å²) >= 11 is 0. The number of halogens is 2. The molecule has 0 amide bonds. The smallest absolute Gasteiger partial charge is 0.330 e. The van der Waals surface area contributed by atoms with Crippen molar-refractivity contribution in [2.24, 2.45) is 12.8 Å². The van der Waals surface area contributed by atoms with E-state index in [0.29, 0.717) is 35.4 Å². The number of aromatic amines is 1. The van der Waals surface area contributed by atoms with Crippen molar-refractivity contribution in [3.63, 3.8) is 0 Å². The number of benzene rings is 1. The highest BCUT2D eigenvalue weighted by Crippen LogP contribution is 2.21. The van der Waals surface area contributed by atoms with Gasteiger partial charge in [0.15, 0.2) is 5.52 Å². The number of unbranched alkanes of at least 4 members (excludes halogenated alkanes) is 1. The second-order valence-corrected chi connectivity index (χ2v) is 6.42. The van der Waals surface area contributed by atoms with Crippen LogP contribution in [0.4, 0.5) is 0 Å². The average Bonchev–Trinajstić information content (AvgIpc) is 2.97. The number of carboxylic acids is 1. The molecule has 0 atom stereocenters. The molecule has 0 aliphatic heterocycles. The molecule has 0 spiro atoms. The van der Waals surface area contributed by atoms with Gasteiger partial charge >= 0.3 is 11.7 Å². The number of aromatic nitrogens is 4. The van der Waals surface area contributed by atoms with Crippen LogP contribution in [0.5, 0.6) is 0 Å². The first-order valence-electron chi connectivity index (χ1n) is 8.65. The van der Waals surface area contributed by atoms with E-state index in [0.717, 1.165) is 4.57 Å². The molecule has 12 heteroatoms. The minimum atomic E-state index is -0.915. The summed E-state index contributed by atoms with van der Waals surface area (Å²) in [5.41, 5.74) is 6.09. The molecule has 3 aromatic rings. The summed E-state index contributed by atoms with van der Waals surface area (Å²) in [6.45, 7) is 0.122. The molecule has 0 aliphatic rings. The molecule has 5 N–H and O–H groups in total. The van der Waals surface area contributed by atoms with Crippen LogP contribution in [0.15, 0.2) is 33.9 Å². The number of aryl methyl sites for hydroxylation is 1. The molecule has 0 saturated heterocycles. The molecule has 162 valence electrons. The van der Waals surface area contributed by atoms with Crippen molar-refractivity contribution in [2.45, 2.75) is 25.8 Å². The Morgan fingerprint density at radius 1 is 1.20 bits per heavy atom. The monoisotopic (exact) mass is 544 g/mol. The molecule has 30 heavy (non-hydrogen) atoms. The van der Waals surface area contributed by atoms with E-state index >= 15 is 0 Å². The van der Waals surface area contributed by atoms with E-state index in [1.807, 2.05) is 0 Å². The molecular formula is C18H22Br2N6O4. The van der Waals surface area contributed by atoms with Crippen LogP contribution < -0.4 is 17.0 Å². The van der Waals surface area contributed by atoms with Crippen LogP contribution >= 0.6 is 34.0 Å². The van der Waals surface area contributed by atoms with Crippen LogP contribution in [-0.4, -0.2) is 36.0 Å². The van der Waals surface area contributed by atoms with E-state index < -0.39 is 17.2 Å². The standard InChI is InChI=1S/C18H20N6O4.2BrH/c1-23-15(11-7-5-10(6-8-11)14(19)20)21-13-16(23)22-18(28)24(17(13)27)9-3-2-4-12(25)26;;/h5-8H,2-4,9H2,1H3,(H3,19,20)(H,22,28)(H,25,26);2*1H. The van der Waals surface area contributed by atoms with Gasteiger partial charge in [0.1, 0.15) is 17.3 Å². The van der Waals surface area contributed by atoms with E-state index in [9.17, 15) is 14.4 Å². The molecule has 1 aromatic carbocycles. The summed E-state index contributed by atoms with van der Waals surface area (Å²) in [7, 11) is 1.69. The van der Waals surface area contributed by atoms with Gasteiger partial charge in [0, 0.05) is 31.1 Å². The number of rotatable bonds is 7. The molecule has 0 aliphatic carbocycles. The van der Waals surface area contributed by atoms with Gasteiger partial charge in [-0.25, -0.2) is 9.78 Å². The second-order valence-electron chi connectivity index (χ2n) is 6.42. The lowest BCUT2D eigenvalue weighted by Gasteiger charge is -2.05. The van der Waals surface area contributed by atoms with Gasteiger partial charge in [-0.15, -0.1) is 34.0 Å². The fourth-order valence-corrected chi connectivity index (χ4v) is 2.99. The average molecular weight is 546 g/mol. The third-order valence-corrected chi connectivity index (χ3v) is 4.49. The van der Waals surface area contributed by atoms with Gasteiger partial charge in [0.05, 0.1) is 0 Å². The minimum absolute atomic E-state index is 0. The lowest BCUT2D eigenvalue weighted by molar-refractivity contribution is -0.137. The van der Waals surface area contributed by atoms with Crippen LogP contribution in [0.2, 0.25) is 0 Å². The van der Waals surface area contributed by atoms with Crippen molar-refractivity contribution in [3.05, 3.63) is 50.7 Å². The van der Waals surface area contributed by atoms with Crippen LogP contribution in [0, 0.1) is 5.41 Å². The fraction of sp³-hybridized carbons (Fsp3) is 0.278. The fourth-order valence-electron chi connectivity index (χ4n) is 2.99. The molecule has 0 radical (unpaired) electrons. The first-order valence-corrected chi connectivity index (χ1v) is 8.65. The number of H-pyrrole nitrogens is 1. The Labute approximate surface area is 191 Å². The van der Waals surface area contributed by atoms with Crippen molar-refractivity contribution in [2.75, 3.05) is 0 Å². The van der Waals surface area contributed by atoms with Crippen molar-refractivity contribution in [1.29, 1.82) is 5.41 Å². The summed E-state index contributed by atoms with van der Waals surface area (Å²) in [4.78, 5) is 42.7. The second kappa shape index (κ2) is 10.3. The predicted molar refractivity (Wildman–Crippen MR) is 124 cm³/mol. The highest BCUT2D eigenvalue weighted by molar-refractivity contribution is 8.93. The molecule has 0 unspecified atom stereocenters. The number of fused-ring (bicyclic) bond motifs is 1. The maximum absolute atomic E-state index is 12.7. The number of carbonyl (C=O) groups is 1. The Morgan fingerprint density at radius 2 is 1.83 bits per heavy atom. The molecule has 0 fully saturated rings. The Morgan fingerprint density at radius 3 is 2.40 bits per heavy atom. The molecule has 2 aromatic heterocycles. The van der Waals surface area contributed by atoms with Gasteiger partial charge < -0.3 is 15.4 Å². The van der Waals surface area contributed by atoms with Gasteiger partial charge in [-0.3, -0.25) is 24.5 Å². The van der Waals surface area contributed by atoms with Crippen molar-refractivity contribution < 1.29 is 9.90 Å². The predicted octanol–water partition coefficient (Wildman–Crippen LogP) is 1.79. The van der Waals surface area contributed by atoms with Crippen LogP contribution in [0.25, 0.3) is 22.6 Å². The maximum atomic E-state index is 12.7. The van der Waals surface area contributed by atoms with E-state index in [1.165, 1.54) is 0 Å². The lowest BCUT2D eigenvalue weighted by atomic mass is 10.1. The van der Waals surface area contributed by atoms with E-state index in [1.54, 1.807) is 35.9 Å². The van der Waals surface area contributed by atoms with E-state index in [2.05, 4.69) is 9.97 Å². The SMILES string of the molecule is Br.Br.Cn1c(-c2ccc(C(=N)N)cc2)nc2c(=O)n(CCCCC(=O)O)c(=O)[nH]c21.